The molecule has 2 atom stereocenters. The second kappa shape index (κ2) is 9.36. The molecule has 32 heavy (non-hydrogen) atoms. The topological polar surface area (TPSA) is 87.3 Å². The number of nitrogens with zero attached hydrogens (tertiary/aromatic N) is 2. The highest BCUT2D eigenvalue weighted by molar-refractivity contribution is 6.09. The van der Waals surface area contributed by atoms with Crippen LogP contribution in [0.5, 0.6) is 0 Å². The van der Waals surface area contributed by atoms with Gasteiger partial charge in [-0.05, 0) is 31.2 Å². The van der Waals surface area contributed by atoms with Crippen molar-refractivity contribution in [2.45, 2.75) is 25.8 Å². The van der Waals surface area contributed by atoms with Crippen LogP contribution in [0.3, 0.4) is 0 Å². The van der Waals surface area contributed by atoms with Crippen molar-refractivity contribution in [1.82, 2.24) is 14.9 Å². The molecule has 0 saturated carbocycles. The number of likely N-dealkylation sites (N-methyl/N-ethyl adjacent to an activating group) is 1. The number of hydrogen-bond donors (Lipinski definition) is 2. The number of pyridine rings is 1. The third-order valence-corrected chi connectivity index (χ3v) is 6.02. The Kier molecular flexibility index (Phi) is 6.37. The largest absolute Gasteiger partial charge is 0.383 e. The van der Waals surface area contributed by atoms with Crippen LogP contribution in [-0.2, 0) is 16.0 Å². The second-order valence-corrected chi connectivity index (χ2v) is 8.24. The summed E-state index contributed by atoms with van der Waals surface area (Å²) in [5.41, 5.74) is 4.81. The van der Waals surface area contributed by atoms with E-state index in [2.05, 4.69) is 15.3 Å². The van der Waals surface area contributed by atoms with Gasteiger partial charge in [-0.3, -0.25) is 14.6 Å². The molecule has 0 aliphatic heterocycles. The second-order valence-electron chi connectivity index (χ2n) is 8.24. The van der Waals surface area contributed by atoms with E-state index >= 15 is 0 Å². The van der Waals surface area contributed by atoms with Gasteiger partial charge in [0.25, 0.3) is 0 Å². The summed E-state index contributed by atoms with van der Waals surface area (Å²) >= 11 is 0. The van der Waals surface area contributed by atoms with Crippen molar-refractivity contribution >= 4 is 23.1 Å². The van der Waals surface area contributed by atoms with E-state index < -0.39 is 5.92 Å². The number of hydrogen-bond acceptors (Lipinski definition) is 5. The number of amides is 1. The predicted molar refractivity (Wildman–Crippen MR) is 124 cm³/mol. The number of ether oxygens (including phenoxy) is 1. The molecule has 3 aromatic rings. The Morgan fingerprint density at radius 3 is 2.62 bits per heavy atom. The third kappa shape index (κ3) is 4.29. The lowest BCUT2D eigenvalue weighted by atomic mass is 9.85. The summed E-state index contributed by atoms with van der Waals surface area (Å²) in [4.78, 5) is 35.6. The van der Waals surface area contributed by atoms with E-state index in [0.29, 0.717) is 18.6 Å². The molecule has 0 radical (unpaired) electrons. The Labute approximate surface area is 187 Å². The predicted octanol–water partition coefficient (Wildman–Crippen LogP) is 4.06. The number of carbonyl (C=O) groups is 2. The van der Waals surface area contributed by atoms with Crippen LogP contribution < -0.4 is 5.32 Å². The zero-order chi connectivity index (χ0) is 22.7. The molecular formula is C25H28N4O3. The lowest BCUT2D eigenvalue weighted by Gasteiger charge is -2.30. The van der Waals surface area contributed by atoms with Gasteiger partial charge >= 0.3 is 0 Å². The molecule has 1 aliphatic rings. The maximum Gasteiger partial charge on any atom is 0.226 e. The molecule has 4 rings (SSSR count). The molecule has 1 amide bonds. The van der Waals surface area contributed by atoms with Gasteiger partial charge in [0.1, 0.15) is 0 Å². The SMILES string of the molecule is COCC(C)N(C)C(=O)C1CC(=O)c2c([nH]c(-c3ccncc3)c2Nc2ccccc2)C1. The number of fused-ring (bicyclic) bond motifs is 1. The first-order valence-electron chi connectivity index (χ1n) is 10.8. The van der Waals surface area contributed by atoms with Crippen LogP contribution in [0.2, 0.25) is 0 Å². The standard InChI is InChI=1S/C25H28N4O3/c1-16(15-32-3)29(2)25(31)18-13-20-22(21(30)14-18)24(27-19-7-5-4-6-8-19)23(28-20)17-9-11-26-12-10-17/h4-12,16,18,27-28H,13-15H2,1-3H3. The Morgan fingerprint density at radius 1 is 1.22 bits per heavy atom. The molecule has 0 spiro atoms. The zero-order valence-electron chi connectivity index (χ0n) is 18.6. The van der Waals surface area contributed by atoms with E-state index in [-0.39, 0.29) is 24.2 Å². The van der Waals surface area contributed by atoms with E-state index in [4.69, 9.17) is 4.74 Å². The number of aromatic amines is 1. The molecule has 1 aliphatic carbocycles. The van der Waals surface area contributed by atoms with Crippen molar-refractivity contribution in [2.24, 2.45) is 5.92 Å². The van der Waals surface area contributed by atoms with Gasteiger partial charge in [-0.1, -0.05) is 18.2 Å². The van der Waals surface area contributed by atoms with Crippen LogP contribution in [0.1, 0.15) is 29.4 Å². The lowest BCUT2D eigenvalue weighted by Crippen LogP contribution is -2.43. The highest BCUT2D eigenvalue weighted by Crippen LogP contribution is 2.40. The molecule has 2 heterocycles. The Balaban J connectivity index is 1.70. The van der Waals surface area contributed by atoms with Crippen molar-refractivity contribution in [1.29, 1.82) is 0 Å². The van der Waals surface area contributed by atoms with Crippen LogP contribution in [0.15, 0.2) is 54.9 Å². The minimum atomic E-state index is -0.396. The van der Waals surface area contributed by atoms with E-state index in [9.17, 15) is 9.59 Å². The van der Waals surface area contributed by atoms with Crippen molar-refractivity contribution in [3.05, 3.63) is 66.1 Å². The van der Waals surface area contributed by atoms with E-state index in [1.807, 2.05) is 49.4 Å². The number of Topliss-reactive ketones (excluding diaryl/α,β-unsaturated/α-hetero) is 1. The van der Waals surface area contributed by atoms with Gasteiger partial charge in [0, 0.05) is 56.3 Å². The Bertz CT molecular complexity index is 1100. The van der Waals surface area contributed by atoms with Crippen LogP contribution in [-0.4, -0.2) is 53.4 Å². The summed E-state index contributed by atoms with van der Waals surface area (Å²) in [6.07, 6.45) is 4.12. The van der Waals surface area contributed by atoms with Crippen molar-refractivity contribution < 1.29 is 14.3 Å². The van der Waals surface area contributed by atoms with Gasteiger partial charge in [0.15, 0.2) is 5.78 Å². The molecule has 0 fully saturated rings. The number of rotatable bonds is 7. The van der Waals surface area contributed by atoms with Gasteiger partial charge < -0.3 is 19.9 Å². The van der Waals surface area contributed by atoms with Gasteiger partial charge in [-0.25, -0.2) is 0 Å². The summed E-state index contributed by atoms with van der Waals surface area (Å²) in [5, 5.41) is 3.43. The molecule has 1 aromatic carbocycles. The lowest BCUT2D eigenvalue weighted by molar-refractivity contribution is -0.137. The summed E-state index contributed by atoms with van der Waals surface area (Å²) in [6, 6.07) is 13.5. The Hall–Kier alpha value is -3.45. The number of H-pyrrole nitrogens is 1. The fraction of sp³-hybridized carbons (Fsp3) is 0.320. The van der Waals surface area contributed by atoms with Crippen molar-refractivity contribution in [3.8, 4) is 11.3 Å². The van der Waals surface area contributed by atoms with Gasteiger partial charge in [-0.15, -0.1) is 0 Å². The molecule has 2 N–H and O–H groups in total. The van der Waals surface area contributed by atoms with Crippen LogP contribution in [0.4, 0.5) is 11.4 Å². The number of aromatic nitrogens is 2. The maximum atomic E-state index is 13.3. The third-order valence-electron chi connectivity index (χ3n) is 6.02. The first kappa shape index (κ1) is 21.8. The molecule has 7 nitrogen and oxygen atoms in total. The maximum absolute atomic E-state index is 13.3. The fourth-order valence-electron chi connectivity index (χ4n) is 4.22. The highest BCUT2D eigenvalue weighted by Gasteiger charge is 2.36. The quantitative estimate of drug-likeness (QED) is 0.588. The minimum Gasteiger partial charge on any atom is -0.383 e. The van der Waals surface area contributed by atoms with Gasteiger partial charge in [-0.2, -0.15) is 0 Å². The monoisotopic (exact) mass is 432 g/mol. The van der Waals surface area contributed by atoms with E-state index in [1.165, 1.54) is 0 Å². The number of ketones is 1. The summed E-state index contributed by atoms with van der Waals surface area (Å²) in [5.74, 6) is -0.466. The first-order valence-corrected chi connectivity index (χ1v) is 10.8. The molecule has 0 bridgehead atoms. The van der Waals surface area contributed by atoms with E-state index in [0.717, 1.165) is 28.3 Å². The molecule has 2 unspecified atom stereocenters. The fourth-order valence-corrected chi connectivity index (χ4v) is 4.22. The normalized spacial score (nSPS) is 16.3. The van der Waals surface area contributed by atoms with Crippen molar-refractivity contribution in [2.75, 3.05) is 26.1 Å². The minimum absolute atomic E-state index is 0.0348. The molecule has 166 valence electrons. The van der Waals surface area contributed by atoms with Gasteiger partial charge in [0.2, 0.25) is 5.91 Å². The number of para-hydroxylation sites is 1. The number of benzene rings is 1. The molecule has 7 heteroatoms. The zero-order valence-corrected chi connectivity index (χ0v) is 18.6. The molecule has 2 aromatic heterocycles. The average Bonchev–Trinajstić information content (AvgIpc) is 3.18. The number of carbonyl (C=O) groups excluding carboxylic acids is 2. The summed E-state index contributed by atoms with van der Waals surface area (Å²) < 4.78 is 5.18. The summed E-state index contributed by atoms with van der Waals surface area (Å²) in [7, 11) is 3.39. The van der Waals surface area contributed by atoms with Crippen molar-refractivity contribution in [3.63, 3.8) is 0 Å². The van der Waals surface area contributed by atoms with E-state index in [1.54, 1.807) is 31.5 Å². The Morgan fingerprint density at radius 2 is 1.94 bits per heavy atom. The number of anilines is 2. The first-order chi connectivity index (χ1) is 15.5. The summed E-state index contributed by atoms with van der Waals surface area (Å²) in [6.45, 7) is 2.39. The average molecular weight is 433 g/mol. The van der Waals surface area contributed by atoms with Gasteiger partial charge in [0.05, 0.1) is 35.5 Å². The van der Waals surface area contributed by atoms with Crippen LogP contribution in [0, 0.1) is 5.92 Å². The highest BCUT2D eigenvalue weighted by atomic mass is 16.5. The van der Waals surface area contributed by atoms with Crippen LogP contribution in [0.25, 0.3) is 11.3 Å². The molecular weight excluding hydrogens is 404 g/mol. The number of methoxy groups -OCH3 is 1. The smallest absolute Gasteiger partial charge is 0.226 e. The van der Waals surface area contributed by atoms with Crippen LogP contribution >= 0.6 is 0 Å². The molecule has 0 saturated heterocycles. The number of nitrogens with one attached hydrogen (secondary N) is 2.